The fourth-order valence-corrected chi connectivity index (χ4v) is 6.14. The fourth-order valence-electron chi connectivity index (χ4n) is 6.14. The van der Waals surface area contributed by atoms with Crippen molar-refractivity contribution in [1.29, 1.82) is 0 Å². The lowest BCUT2D eigenvalue weighted by atomic mass is 9.85. The normalized spacial score (nSPS) is 20.2. The Labute approximate surface area is 286 Å². The van der Waals surface area contributed by atoms with Crippen molar-refractivity contribution in [3.05, 3.63) is 65.7 Å². The number of halogens is 2. The quantitative estimate of drug-likeness (QED) is 0.377. The van der Waals surface area contributed by atoms with Gasteiger partial charge in [-0.25, -0.2) is 18.4 Å². The molecule has 49 heavy (non-hydrogen) atoms. The second-order valence-corrected chi connectivity index (χ2v) is 14.8. The molecular formula is C36H48F2N4O7. The predicted molar refractivity (Wildman–Crippen MR) is 177 cm³/mol. The maximum atomic E-state index is 14.4. The molecule has 2 fully saturated rings. The molecular weight excluding hydrogens is 638 g/mol. The minimum Gasteiger partial charge on any atom is -0.493 e. The summed E-state index contributed by atoms with van der Waals surface area (Å²) in [6, 6.07) is 9.65. The first-order valence-electron chi connectivity index (χ1n) is 16.5. The molecule has 2 aliphatic heterocycles. The number of rotatable bonds is 9. The summed E-state index contributed by atoms with van der Waals surface area (Å²) in [5.41, 5.74) is -0.672. The highest BCUT2D eigenvalue weighted by Crippen LogP contribution is 2.38. The highest BCUT2D eigenvalue weighted by Gasteiger charge is 2.54. The molecule has 0 radical (unpaired) electrons. The molecule has 2 saturated heterocycles. The van der Waals surface area contributed by atoms with Crippen LogP contribution in [0.15, 0.2) is 48.5 Å². The van der Waals surface area contributed by atoms with E-state index in [1.54, 1.807) is 37.5 Å². The van der Waals surface area contributed by atoms with Gasteiger partial charge in [-0.15, -0.1) is 0 Å². The van der Waals surface area contributed by atoms with Crippen LogP contribution >= 0.6 is 0 Å². The van der Waals surface area contributed by atoms with Gasteiger partial charge in [0.05, 0.1) is 18.7 Å². The summed E-state index contributed by atoms with van der Waals surface area (Å²) < 4.78 is 44.5. The van der Waals surface area contributed by atoms with E-state index in [2.05, 4.69) is 5.32 Å². The summed E-state index contributed by atoms with van der Waals surface area (Å²) in [5.74, 6) is -3.25. The average molecular weight is 687 g/mol. The first kappa shape index (κ1) is 37.4. The van der Waals surface area contributed by atoms with Crippen LogP contribution in [-0.4, -0.2) is 95.2 Å². The number of nitrogens with one attached hydrogen (secondary N) is 1. The predicted octanol–water partition coefficient (Wildman–Crippen LogP) is 5.37. The van der Waals surface area contributed by atoms with Crippen LogP contribution in [0.2, 0.25) is 0 Å². The maximum absolute atomic E-state index is 14.4. The molecule has 13 heteroatoms. The lowest BCUT2D eigenvalue weighted by molar-refractivity contribution is -0.141. The first-order chi connectivity index (χ1) is 22.9. The molecule has 0 spiro atoms. The monoisotopic (exact) mass is 686 g/mol. The summed E-state index contributed by atoms with van der Waals surface area (Å²) in [4.78, 5) is 58.4. The van der Waals surface area contributed by atoms with Crippen molar-refractivity contribution in [3.8, 4) is 5.75 Å². The van der Waals surface area contributed by atoms with Crippen molar-refractivity contribution in [2.45, 2.75) is 91.3 Å². The molecule has 0 saturated carbocycles. The Morgan fingerprint density at radius 3 is 2.27 bits per heavy atom. The van der Waals surface area contributed by atoms with E-state index in [0.29, 0.717) is 13.0 Å². The Bertz CT molecular complexity index is 1510. The van der Waals surface area contributed by atoms with Crippen LogP contribution in [0.3, 0.4) is 0 Å². The van der Waals surface area contributed by atoms with Gasteiger partial charge < -0.3 is 29.3 Å². The van der Waals surface area contributed by atoms with E-state index in [9.17, 15) is 28.0 Å². The Kier molecular flexibility index (Phi) is 11.4. The number of ether oxygens (including phenoxy) is 3. The number of carbonyl (C=O) groups excluding carboxylic acids is 4. The van der Waals surface area contributed by atoms with Crippen molar-refractivity contribution >= 4 is 24.0 Å². The van der Waals surface area contributed by atoms with Gasteiger partial charge >= 0.3 is 12.2 Å². The van der Waals surface area contributed by atoms with E-state index in [4.69, 9.17) is 14.2 Å². The zero-order chi connectivity index (χ0) is 36.3. The van der Waals surface area contributed by atoms with Gasteiger partial charge in [-0.1, -0.05) is 51.1 Å². The van der Waals surface area contributed by atoms with Crippen LogP contribution in [0.1, 0.15) is 60.5 Å². The molecule has 4 rings (SSSR count). The largest absolute Gasteiger partial charge is 0.493 e. The molecule has 2 aromatic rings. The summed E-state index contributed by atoms with van der Waals surface area (Å²) >= 11 is 0. The summed E-state index contributed by atoms with van der Waals surface area (Å²) in [5, 5.41) is 2.88. The number of likely N-dealkylation sites (N-methyl/N-ethyl adjacent to an activating group) is 1. The van der Waals surface area contributed by atoms with Crippen molar-refractivity contribution in [2.75, 3.05) is 26.7 Å². The van der Waals surface area contributed by atoms with Crippen LogP contribution in [-0.2, 0) is 25.7 Å². The molecule has 1 N–H and O–H groups in total. The highest BCUT2D eigenvalue weighted by molar-refractivity contribution is 5.92. The fraction of sp³-hybridized carbons (Fsp3) is 0.556. The molecule has 0 bridgehead atoms. The van der Waals surface area contributed by atoms with Gasteiger partial charge in [-0.05, 0) is 57.2 Å². The zero-order valence-corrected chi connectivity index (χ0v) is 29.5. The number of nitrogens with zero attached hydrogens (tertiary/aromatic N) is 3. The van der Waals surface area contributed by atoms with E-state index in [1.165, 1.54) is 18.0 Å². The molecule has 0 unspecified atom stereocenters. The third kappa shape index (κ3) is 9.18. The Morgan fingerprint density at radius 1 is 0.980 bits per heavy atom. The van der Waals surface area contributed by atoms with Crippen LogP contribution < -0.4 is 10.1 Å². The maximum Gasteiger partial charge on any atom is 0.410 e. The first-order valence-corrected chi connectivity index (χ1v) is 16.5. The average Bonchev–Trinajstić information content (AvgIpc) is 3.62. The Morgan fingerprint density at radius 2 is 1.65 bits per heavy atom. The van der Waals surface area contributed by atoms with E-state index < -0.39 is 70.8 Å². The Balaban J connectivity index is 1.55. The number of amides is 4. The molecule has 2 heterocycles. The molecule has 5 atom stereocenters. The number of carbonyl (C=O) groups is 4. The number of likely N-dealkylation sites (tertiary alicyclic amines) is 2. The van der Waals surface area contributed by atoms with E-state index in [0.717, 1.165) is 17.7 Å². The highest BCUT2D eigenvalue weighted by atomic mass is 19.2. The third-order valence-electron chi connectivity index (χ3n) is 8.85. The molecule has 4 amide bonds. The van der Waals surface area contributed by atoms with Crippen molar-refractivity contribution < 1.29 is 42.2 Å². The standard InChI is InChI=1S/C36H48F2N4O7/c1-22(40(8)33(45)49-36(5,6)7)31(43)39-30(35(2,3)4)32(44)41-17-16-28-29(41)24(21-47-25-14-15-26(37)27(38)18-25)19-42(28)34(46)48-20-23-12-10-9-11-13-23/h9-15,18,22,24,28-30H,16-17,19-21H2,1-8H3,(H,39,43)/t22-,24+,28+,29+,30+/m0/s1. The topological polar surface area (TPSA) is 118 Å². The molecule has 0 aromatic heterocycles. The number of fused-ring (bicyclic) bond motifs is 1. The number of benzene rings is 2. The van der Waals surface area contributed by atoms with Gasteiger partial charge in [0.2, 0.25) is 11.8 Å². The van der Waals surface area contributed by atoms with Crippen LogP contribution in [0.25, 0.3) is 0 Å². The van der Waals surface area contributed by atoms with Gasteiger partial charge in [0, 0.05) is 32.1 Å². The van der Waals surface area contributed by atoms with Gasteiger partial charge in [0.1, 0.15) is 30.0 Å². The van der Waals surface area contributed by atoms with Crippen molar-refractivity contribution in [2.24, 2.45) is 11.3 Å². The molecule has 11 nitrogen and oxygen atoms in total. The molecule has 268 valence electrons. The second-order valence-electron chi connectivity index (χ2n) is 14.8. The van der Waals surface area contributed by atoms with Gasteiger partial charge in [-0.2, -0.15) is 0 Å². The molecule has 2 aromatic carbocycles. The summed E-state index contributed by atoms with van der Waals surface area (Å²) in [6.07, 6.45) is -0.755. The smallest absolute Gasteiger partial charge is 0.410 e. The zero-order valence-electron chi connectivity index (χ0n) is 29.5. The SMILES string of the molecule is C[C@@H](C(=O)N[C@H](C(=O)N1CC[C@@H]2[C@H]1[C@@H](COc1ccc(F)c(F)c1)CN2C(=O)OCc1ccccc1)C(C)(C)C)N(C)C(=O)OC(C)(C)C. The van der Waals surface area contributed by atoms with Gasteiger partial charge in [-0.3, -0.25) is 14.5 Å². The summed E-state index contributed by atoms with van der Waals surface area (Å²) in [6.45, 7) is 12.8. The lowest BCUT2D eigenvalue weighted by Gasteiger charge is -2.38. The number of hydrogen-bond acceptors (Lipinski definition) is 7. The minimum absolute atomic E-state index is 0.00272. The van der Waals surface area contributed by atoms with Crippen molar-refractivity contribution in [1.82, 2.24) is 20.0 Å². The van der Waals surface area contributed by atoms with Crippen LogP contribution in [0, 0.1) is 23.0 Å². The van der Waals surface area contributed by atoms with Crippen LogP contribution in [0.5, 0.6) is 5.75 Å². The minimum atomic E-state index is -1.05. The van der Waals surface area contributed by atoms with Gasteiger partial charge in [0.15, 0.2) is 11.6 Å². The van der Waals surface area contributed by atoms with Crippen LogP contribution in [0.4, 0.5) is 18.4 Å². The van der Waals surface area contributed by atoms with E-state index in [-0.39, 0.29) is 31.4 Å². The molecule has 0 aliphatic carbocycles. The van der Waals surface area contributed by atoms with E-state index >= 15 is 0 Å². The van der Waals surface area contributed by atoms with Gasteiger partial charge in [0.25, 0.3) is 0 Å². The van der Waals surface area contributed by atoms with Crippen molar-refractivity contribution in [3.63, 3.8) is 0 Å². The van der Waals surface area contributed by atoms with E-state index in [1.807, 2.05) is 51.1 Å². The third-order valence-corrected chi connectivity index (χ3v) is 8.85. The number of hydrogen-bond donors (Lipinski definition) is 1. The lowest BCUT2D eigenvalue weighted by Crippen LogP contribution is -2.60. The Hall–Kier alpha value is -4.42. The summed E-state index contributed by atoms with van der Waals surface area (Å²) in [7, 11) is 1.46. The second kappa shape index (κ2) is 15.0. The molecule has 2 aliphatic rings.